The summed E-state index contributed by atoms with van der Waals surface area (Å²) in [7, 11) is 4.26. The highest BCUT2D eigenvalue weighted by Crippen LogP contribution is 2.13. The van der Waals surface area contributed by atoms with Crippen LogP contribution in [0.25, 0.3) is 0 Å². The maximum atomic E-state index is 3.94. The first-order chi connectivity index (χ1) is 5.20. The first kappa shape index (κ1) is 11.0. The summed E-state index contributed by atoms with van der Waals surface area (Å²) in [5, 5.41) is 0. The minimum Gasteiger partial charge on any atom is -0.309 e. The SMILES string of the molecule is [CH2]CC(CC)CCCN(C)C. The Hall–Kier alpha value is -0.0400. The van der Waals surface area contributed by atoms with Gasteiger partial charge in [-0.2, -0.15) is 0 Å². The largest absolute Gasteiger partial charge is 0.309 e. The van der Waals surface area contributed by atoms with Gasteiger partial charge in [-0.1, -0.05) is 26.7 Å². The number of hydrogen-bond acceptors (Lipinski definition) is 1. The molecule has 1 heteroatoms. The fourth-order valence-corrected chi connectivity index (χ4v) is 1.25. The van der Waals surface area contributed by atoms with Crippen molar-refractivity contribution in [3.05, 3.63) is 6.92 Å². The molecule has 0 spiro atoms. The normalized spacial score (nSPS) is 11.5. The third-order valence-corrected chi connectivity index (χ3v) is 2.20. The Labute approximate surface area is 71.8 Å². The smallest absolute Gasteiger partial charge is 0.00247 e. The molecule has 1 atom stereocenters. The van der Waals surface area contributed by atoms with Crippen molar-refractivity contribution in [1.82, 2.24) is 4.90 Å². The molecular weight excluding hydrogens is 134 g/mol. The molecule has 0 saturated heterocycles. The highest BCUT2D eigenvalue weighted by atomic mass is 15.0. The second kappa shape index (κ2) is 6.66. The van der Waals surface area contributed by atoms with Crippen LogP contribution in [-0.2, 0) is 0 Å². The van der Waals surface area contributed by atoms with E-state index in [-0.39, 0.29) is 0 Å². The van der Waals surface area contributed by atoms with E-state index in [1.165, 1.54) is 25.8 Å². The van der Waals surface area contributed by atoms with Gasteiger partial charge in [0.15, 0.2) is 0 Å². The number of nitrogens with zero attached hydrogens (tertiary/aromatic N) is 1. The molecule has 0 rings (SSSR count). The van der Waals surface area contributed by atoms with Crippen molar-refractivity contribution >= 4 is 0 Å². The van der Waals surface area contributed by atoms with Crippen molar-refractivity contribution in [3.63, 3.8) is 0 Å². The summed E-state index contributed by atoms with van der Waals surface area (Å²) < 4.78 is 0. The van der Waals surface area contributed by atoms with Crippen LogP contribution in [0.4, 0.5) is 0 Å². The van der Waals surface area contributed by atoms with Crippen LogP contribution in [-0.4, -0.2) is 25.5 Å². The summed E-state index contributed by atoms with van der Waals surface area (Å²) in [6.45, 7) is 7.42. The van der Waals surface area contributed by atoms with Gasteiger partial charge in [-0.25, -0.2) is 0 Å². The molecule has 0 fully saturated rings. The van der Waals surface area contributed by atoms with Crippen molar-refractivity contribution in [2.45, 2.75) is 32.6 Å². The predicted molar refractivity (Wildman–Crippen MR) is 51.5 cm³/mol. The molecule has 0 bridgehead atoms. The first-order valence-electron chi connectivity index (χ1n) is 4.64. The van der Waals surface area contributed by atoms with Crippen LogP contribution in [0.5, 0.6) is 0 Å². The summed E-state index contributed by atoms with van der Waals surface area (Å²) in [5.74, 6) is 0.856. The lowest BCUT2D eigenvalue weighted by Crippen LogP contribution is -2.14. The number of hydrogen-bond donors (Lipinski definition) is 0. The van der Waals surface area contributed by atoms with Crippen LogP contribution in [0.2, 0.25) is 0 Å². The second-order valence-corrected chi connectivity index (χ2v) is 3.51. The van der Waals surface area contributed by atoms with Gasteiger partial charge in [-0.15, -0.1) is 0 Å². The van der Waals surface area contributed by atoms with Gasteiger partial charge >= 0.3 is 0 Å². The van der Waals surface area contributed by atoms with Crippen LogP contribution in [0.1, 0.15) is 32.6 Å². The third kappa shape index (κ3) is 6.36. The molecule has 0 N–H and O–H groups in total. The maximum Gasteiger partial charge on any atom is -0.00247 e. The summed E-state index contributed by atoms with van der Waals surface area (Å²) >= 11 is 0. The summed E-state index contributed by atoms with van der Waals surface area (Å²) in [4.78, 5) is 2.25. The van der Waals surface area contributed by atoms with Gasteiger partial charge in [0.05, 0.1) is 0 Å². The minimum absolute atomic E-state index is 0.856. The standard InChI is InChI=1S/C10H22N/c1-5-10(6-2)8-7-9-11(3)4/h10H,1,5-9H2,2-4H3. The highest BCUT2D eigenvalue weighted by molar-refractivity contribution is 4.59. The second-order valence-electron chi connectivity index (χ2n) is 3.51. The predicted octanol–water partition coefficient (Wildman–Crippen LogP) is 2.58. The molecular formula is C10H22N. The summed E-state index contributed by atoms with van der Waals surface area (Å²) in [6, 6.07) is 0. The zero-order valence-corrected chi connectivity index (χ0v) is 8.27. The van der Waals surface area contributed by atoms with Crippen LogP contribution in [0.15, 0.2) is 0 Å². The molecule has 0 heterocycles. The molecule has 1 unspecified atom stereocenters. The van der Waals surface area contributed by atoms with Crippen LogP contribution >= 0.6 is 0 Å². The average molecular weight is 156 g/mol. The van der Waals surface area contributed by atoms with Crippen molar-refractivity contribution in [2.24, 2.45) is 5.92 Å². The van der Waals surface area contributed by atoms with Gasteiger partial charge < -0.3 is 4.90 Å². The van der Waals surface area contributed by atoms with E-state index in [9.17, 15) is 0 Å². The van der Waals surface area contributed by atoms with Gasteiger partial charge in [0.2, 0.25) is 0 Å². The van der Waals surface area contributed by atoms with Gasteiger partial charge in [0.1, 0.15) is 0 Å². The van der Waals surface area contributed by atoms with Crippen molar-refractivity contribution < 1.29 is 0 Å². The average Bonchev–Trinajstić information content (AvgIpc) is 1.98. The van der Waals surface area contributed by atoms with Crippen LogP contribution in [0, 0.1) is 12.8 Å². The Bertz CT molecular complexity index is 74.9. The molecule has 0 aliphatic carbocycles. The molecule has 0 saturated carbocycles. The Morgan fingerprint density at radius 3 is 2.36 bits per heavy atom. The van der Waals surface area contributed by atoms with Gasteiger partial charge in [0, 0.05) is 0 Å². The molecule has 0 aliphatic rings. The summed E-state index contributed by atoms with van der Waals surface area (Å²) in [5.41, 5.74) is 0. The maximum absolute atomic E-state index is 3.94. The van der Waals surface area contributed by atoms with E-state index < -0.39 is 0 Å². The van der Waals surface area contributed by atoms with E-state index >= 15 is 0 Å². The molecule has 11 heavy (non-hydrogen) atoms. The van der Waals surface area contributed by atoms with E-state index in [4.69, 9.17) is 0 Å². The first-order valence-corrected chi connectivity index (χ1v) is 4.64. The van der Waals surface area contributed by atoms with E-state index in [2.05, 4.69) is 32.8 Å². The molecule has 0 aromatic rings. The minimum atomic E-state index is 0.856. The van der Waals surface area contributed by atoms with Crippen molar-refractivity contribution in [2.75, 3.05) is 20.6 Å². The third-order valence-electron chi connectivity index (χ3n) is 2.20. The fraction of sp³-hybridized carbons (Fsp3) is 0.900. The Morgan fingerprint density at radius 1 is 1.36 bits per heavy atom. The molecule has 1 nitrogen and oxygen atoms in total. The summed E-state index contributed by atoms with van der Waals surface area (Å²) in [6.07, 6.45) is 5.06. The lowest BCUT2D eigenvalue weighted by atomic mass is 9.98. The van der Waals surface area contributed by atoms with Gasteiger partial charge in [-0.3, -0.25) is 0 Å². The van der Waals surface area contributed by atoms with E-state index in [1.807, 2.05) is 0 Å². The number of rotatable bonds is 6. The van der Waals surface area contributed by atoms with Crippen molar-refractivity contribution in [3.8, 4) is 0 Å². The Morgan fingerprint density at radius 2 is 2.00 bits per heavy atom. The van der Waals surface area contributed by atoms with E-state index in [0.717, 1.165) is 12.3 Å². The quantitative estimate of drug-likeness (QED) is 0.571. The fourth-order valence-electron chi connectivity index (χ4n) is 1.25. The highest BCUT2D eigenvalue weighted by Gasteiger charge is 2.02. The van der Waals surface area contributed by atoms with Crippen LogP contribution in [0.3, 0.4) is 0 Å². The molecule has 67 valence electrons. The lowest BCUT2D eigenvalue weighted by molar-refractivity contribution is 0.361. The van der Waals surface area contributed by atoms with Crippen molar-refractivity contribution in [1.29, 1.82) is 0 Å². The van der Waals surface area contributed by atoms with E-state index in [0.29, 0.717) is 0 Å². The topological polar surface area (TPSA) is 3.24 Å². The molecule has 0 aromatic heterocycles. The van der Waals surface area contributed by atoms with E-state index in [1.54, 1.807) is 0 Å². The monoisotopic (exact) mass is 156 g/mol. The van der Waals surface area contributed by atoms with Crippen LogP contribution < -0.4 is 0 Å². The van der Waals surface area contributed by atoms with Gasteiger partial charge in [0.25, 0.3) is 0 Å². The zero-order valence-electron chi connectivity index (χ0n) is 8.27. The lowest BCUT2D eigenvalue weighted by Gasteiger charge is -2.14. The molecule has 0 aliphatic heterocycles. The zero-order chi connectivity index (χ0) is 8.69. The Balaban J connectivity index is 3.21. The molecule has 1 radical (unpaired) electrons. The molecule has 0 aromatic carbocycles. The molecule has 0 amide bonds. The van der Waals surface area contributed by atoms with Gasteiger partial charge in [-0.05, 0) is 39.4 Å². The Kier molecular flexibility index (Phi) is 6.63.